The third kappa shape index (κ3) is 3.63. The first-order chi connectivity index (χ1) is 10.9. The Morgan fingerprint density at radius 3 is 2.57 bits per heavy atom. The average Bonchev–Trinajstić information content (AvgIpc) is 2.96. The molecule has 7 heteroatoms. The van der Waals surface area contributed by atoms with Gasteiger partial charge in [0.2, 0.25) is 10.0 Å². The summed E-state index contributed by atoms with van der Waals surface area (Å²) >= 11 is 1.67. The molecule has 3 rings (SSSR count). The van der Waals surface area contributed by atoms with Gasteiger partial charge < -0.3 is 5.32 Å². The van der Waals surface area contributed by atoms with Gasteiger partial charge in [-0.2, -0.15) is 0 Å². The molecule has 0 spiro atoms. The lowest BCUT2D eigenvalue weighted by Crippen LogP contribution is -2.24. The van der Waals surface area contributed by atoms with Crippen molar-refractivity contribution in [1.29, 1.82) is 0 Å². The van der Waals surface area contributed by atoms with Crippen LogP contribution >= 0.6 is 11.3 Å². The summed E-state index contributed by atoms with van der Waals surface area (Å²) < 4.78 is 22.4. The number of carbonyl (C=O) groups is 1. The molecule has 1 aromatic heterocycles. The number of fused-ring (bicyclic) bond motifs is 1. The van der Waals surface area contributed by atoms with Crippen molar-refractivity contribution in [2.45, 2.75) is 37.1 Å². The van der Waals surface area contributed by atoms with Crippen LogP contribution in [0.3, 0.4) is 0 Å². The van der Waals surface area contributed by atoms with E-state index >= 15 is 0 Å². The molecular weight excluding hydrogens is 332 g/mol. The molecule has 0 unspecified atom stereocenters. The van der Waals surface area contributed by atoms with Crippen LogP contribution in [0.2, 0.25) is 0 Å². The highest BCUT2D eigenvalue weighted by molar-refractivity contribution is 7.89. The molecule has 1 aliphatic carbocycles. The number of nitrogens with two attached hydrogens (primary N) is 1. The van der Waals surface area contributed by atoms with E-state index in [1.807, 2.05) is 5.38 Å². The van der Waals surface area contributed by atoms with Crippen molar-refractivity contribution in [3.63, 3.8) is 0 Å². The third-order valence-electron chi connectivity index (χ3n) is 4.01. The highest BCUT2D eigenvalue weighted by atomic mass is 32.2. The molecule has 3 N–H and O–H groups in total. The third-order valence-corrected chi connectivity index (χ3v) is 6.03. The molecule has 0 aliphatic heterocycles. The second-order valence-electron chi connectivity index (χ2n) is 5.63. The zero-order chi connectivity index (χ0) is 16.4. The van der Waals surface area contributed by atoms with Crippen LogP contribution in [0.25, 0.3) is 0 Å². The number of sulfonamides is 1. The number of benzene rings is 1. The number of primary sulfonamides is 1. The van der Waals surface area contributed by atoms with Crippen LogP contribution in [0.4, 0.5) is 0 Å². The molecule has 1 amide bonds. The van der Waals surface area contributed by atoms with Crippen LogP contribution < -0.4 is 10.5 Å². The Labute approximate surface area is 139 Å². The van der Waals surface area contributed by atoms with Gasteiger partial charge in [-0.15, -0.1) is 11.3 Å². The van der Waals surface area contributed by atoms with Gasteiger partial charge in [0.25, 0.3) is 5.91 Å². The first-order valence-electron chi connectivity index (χ1n) is 7.44. The van der Waals surface area contributed by atoms with Crippen molar-refractivity contribution in [3.05, 3.63) is 51.2 Å². The second kappa shape index (κ2) is 6.43. The molecule has 5 nitrogen and oxygen atoms in total. The number of hydrogen-bond donors (Lipinski definition) is 2. The first kappa shape index (κ1) is 16.2. The smallest absolute Gasteiger partial charge is 0.252 e. The maximum Gasteiger partial charge on any atom is 0.252 e. The molecule has 1 heterocycles. The Hall–Kier alpha value is -1.70. The molecule has 1 aromatic carbocycles. The fourth-order valence-corrected chi connectivity index (χ4v) is 4.40. The van der Waals surface area contributed by atoms with Gasteiger partial charge in [0.15, 0.2) is 0 Å². The topological polar surface area (TPSA) is 89.3 Å². The number of aryl methyl sites for hydroxylation is 1. The minimum atomic E-state index is -3.68. The van der Waals surface area contributed by atoms with Gasteiger partial charge in [-0.1, -0.05) is 12.1 Å². The van der Waals surface area contributed by atoms with Gasteiger partial charge in [-0.3, -0.25) is 4.79 Å². The van der Waals surface area contributed by atoms with E-state index in [0.717, 1.165) is 30.4 Å². The monoisotopic (exact) mass is 350 g/mol. The predicted octanol–water partition coefficient (Wildman–Crippen LogP) is 2.20. The van der Waals surface area contributed by atoms with Crippen molar-refractivity contribution in [3.8, 4) is 0 Å². The van der Waals surface area contributed by atoms with Crippen molar-refractivity contribution in [2.24, 2.45) is 5.14 Å². The zero-order valence-corrected chi connectivity index (χ0v) is 14.2. The van der Waals surface area contributed by atoms with Gasteiger partial charge in [-0.05, 0) is 48.9 Å². The molecular formula is C16H18N2O3S2. The molecule has 0 bridgehead atoms. The van der Waals surface area contributed by atoms with Crippen LogP contribution in [0.1, 0.15) is 39.2 Å². The molecule has 1 aliphatic rings. The van der Waals surface area contributed by atoms with Gasteiger partial charge >= 0.3 is 0 Å². The SMILES string of the molecule is NS(=O)(=O)c1ccc(CNC(=O)c2csc3c2CCCC3)cc1. The molecule has 122 valence electrons. The lowest BCUT2D eigenvalue weighted by molar-refractivity contribution is 0.0950. The number of amides is 1. The van der Waals surface area contributed by atoms with E-state index in [-0.39, 0.29) is 10.8 Å². The van der Waals surface area contributed by atoms with Crippen LogP contribution in [0, 0.1) is 0 Å². The Balaban J connectivity index is 1.66. The summed E-state index contributed by atoms with van der Waals surface area (Å²) in [5, 5.41) is 9.90. The van der Waals surface area contributed by atoms with Crippen molar-refractivity contribution in [2.75, 3.05) is 0 Å². The lowest BCUT2D eigenvalue weighted by Gasteiger charge is -2.12. The van der Waals surface area contributed by atoms with E-state index in [2.05, 4.69) is 5.32 Å². The van der Waals surface area contributed by atoms with Crippen LogP contribution in [-0.2, 0) is 29.4 Å². The minimum Gasteiger partial charge on any atom is -0.348 e. The van der Waals surface area contributed by atoms with Crippen LogP contribution in [0.15, 0.2) is 34.5 Å². The van der Waals surface area contributed by atoms with Crippen molar-refractivity contribution >= 4 is 27.3 Å². The Morgan fingerprint density at radius 2 is 1.87 bits per heavy atom. The summed E-state index contributed by atoms with van der Waals surface area (Å²) in [6.07, 6.45) is 4.39. The number of hydrogen-bond acceptors (Lipinski definition) is 4. The zero-order valence-electron chi connectivity index (χ0n) is 12.5. The number of thiophene rings is 1. The summed E-state index contributed by atoms with van der Waals surface area (Å²) in [5.41, 5.74) is 2.81. The molecule has 0 atom stereocenters. The van der Waals surface area contributed by atoms with Crippen LogP contribution in [0.5, 0.6) is 0 Å². The Kier molecular flexibility index (Phi) is 4.52. The van der Waals surface area contributed by atoms with Crippen LogP contribution in [-0.4, -0.2) is 14.3 Å². The molecule has 0 saturated heterocycles. The van der Waals surface area contributed by atoms with E-state index < -0.39 is 10.0 Å². The summed E-state index contributed by atoms with van der Waals surface area (Å²) in [6.45, 7) is 0.356. The van der Waals surface area contributed by atoms with E-state index in [4.69, 9.17) is 5.14 Å². The highest BCUT2D eigenvalue weighted by Gasteiger charge is 2.19. The largest absolute Gasteiger partial charge is 0.348 e. The van der Waals surface area contributed by atoms with Crippen molar-refractivity contribution < 1.29 is 13.2 Å². The van der Waals surface area contributed by atoms with Gasteiger partial charge in [0.1, 0.15) is 0 Å². The fourth-order valence-electron chi connectivity index (χ4n) is 2.76. The fraction of sp³-hybridized carbons (Fsp3) is 0.312. The van der Waals surface area contributed by atoms with Gasteiger partial charge in [-0.25, -0.2) is 13.6 Å². The summed E-state index contributed by atoms with van der Waals surface area (Å²) in [6, 6.07) is 6.21. The molecule has 0 radical (unpaired) electrons. The molecule has 0 saturated carbocycles. The van der Waals surface area contributed by atoms with Gasteiger partial charge in [0.05, 0.1) is 10.5 Å². The Bertz CT molecular complexity index is 824. The number of carbonyl (C=O) groups excluding carboxylic acids is 1. The van der Waals surface area contributed by atoms with Gasteiger partial charge in [0, 0.05) is 16.8 Å². The second-order valence-corrected chi connectivity index (χ2v) is 8.16. The maximum absolute atomic E-state index is 12.4. The standard InChI is InChI=1S/C16H18N2O3S2/c17-23(20,21)12-7-5-11(6-8-12)9-18-16(19)14-10-22-15-4-2-1-3-13(14)15/h5-8,10H,1-4,9H2,(H,18,19)(H2,17,20,21). The summed E-state index contributed by atoms with van der Waals surface area (Å²) in [7, 11) is -3.68. The van der Waals surface area contributed by atoms with E-state index in [9.17, 15) is 13.2 Å². The van der Waals surface area contributed by atoms with E-state index in [1.165, 1.54) is 29.0 Å². The minimum absolute atomic E-state index is 0.0690. The van der Waals surface area contributed by atoms with E-state index in [0.29, 0.717) is 6.54 Å². The quantitative estimate of drug-likeness (QED) is 0.886. The maximum atomic E-state index is 12.4. The summed E-state index contributed by atoms with van der Waals surface area (Å²) in [4.78, 5) is 13.8. The highest BCUT2D eigenvalue weighted by Crippen LogP contribution is 2.30. The number of rotatable bonds is 4. The molecule has 23 heavy (non-hydrogen) atoms. The molecule has 2 aromatic rings. The Morgan fingerprint density at radius 1 is 1.17 bits per heavy atom. The predicted molar refractivity (Wildman–Crippen MR) is 89.9 cm³/mol. The number of nitrogens with one attached hydrogen (secondary N) is 1. The van der Waals surface area contributed by atoms with E-state index in [1.54, 1.807) is 23.5 Å². The normalized spacial score (nSPS) is 14.3. The summed E-state index contributed by atoms with van der Waals surface area (Å²) in [5.74, 6) is -0.0695. The first-order valence-corrected chi connectivity index (χ1v) is 9.87. The lowest BCUT2D eigenvalue weighted by atomic mass is 9.95. The van der Waals surface area contributed by atoms with Crippen molar-refractivity contribution in [1.82, 2.24) is 5.32 Å². The average molecular weight is 350 g/mol. The molecule has 0 fully saturated rings.